The second kappa shape index (κ2) is 5.02. The van der Waals surface area contributed by atoms with Crippen molar-refractivity contribution in [2.24, 2.45) is 5.92 Å². The summed E-state index contributed by atoms with van der Waals surface area (Å²) in [6.07, 6.45) is -0.683. The van der Waals surface area contributed by atoms with Gasteiger partial charge in [-0.1, -0.05) is 12.8 Å². The Bertz CT molecular complexity index is 698. The van der Waals surface area contributed by atoms with Gasteiger partial charge in [0.05, 0.1) is 17.6 Å². The summed E-state index contributed by atoms with van der Waals surface area (Å²) < 4.78 is 41.2. The maximum absolute atomic E-state index is 13.2. The second-order valence-electron chi connectivity index (χ2n) is 5.35. The molecule has 4 nitrogen and oxygen atoms in total. The molecule has 0 aromatic carbocycles. The van der Waals surface area contributed by atoms with Crippen LogP contribution in [-0.4, -0.2) is 20.8 Å². The van der Waals surface area contributed by atoms with Gasteiger partial charge in [-0.05, 0) is 18.9 Å². The number of nitrogens with zero attached hydrogens (tertiary/aromatic N) is 4. The molecule has 0 saturated heterocycles. The van der Waals surface area contributed by atoms with Crippen molar-refractivity contribution in [1.29, 1.82) is 5.26 Å². The molecule has 1 saturated carbocycles. The highest BCUT2D eigenvalue weighted by atomic mass is 19.4. The first-order valence-corrected chi connectivity index (χ1v) is 6.82. The molecule has 7 heteroatoms. The number of nitriles is 1. The minimum absolute atomic E-state index is 0.138. The molecule has 0 bridgehead atoms. The predicted molar refractivity (Wildman–Crippen MR) is 68.5 cm³/mol. The van der Waals surface area contributed by atoms with E-state index < -0.39 is 18.0 Å². The van der Waals surface area contributed by atoms with E-state index in [1.165, 1.54) is 6.07 Å². The lowest BCUT2D eigenvalue weighted by molar-refractivity contribution is -0.187. The Hall–Kier alpha value is -2.10. The van der Waals surface area contributed by atoms with Crippen LogP contribution in [0.15, 0.2) is 18.3 Å². The minimum atomic E-state index is -4.22. The fourth-order valence-electron chi connectivity index (χ4n) is 3.06. The first-order valence-electron chi connectivity index (χ1n) is 6.82. The summed E-state index contributed by atoms with van der Waals surface area (Å²) in [5.74, 6) is -1.69. The number of halogens is 3. The number of rotatable bonds is 1. The zero-order valence-corrected chi connectivity index (χ0v) is 11.1. The maximum Gasteiger partial charge on any atom is 0.392 e. The molecule has 3 rings (SSSR count). The van der Waals surface area contributed by atoms with E-state index in [1.807, 2.05) is 6.07 Å². The lowest BCUT2D eigenvalue weighted by atomic mass is 9.78. The normalized spacial score (nSPS) is 23.1. The van der Waals surface area contributed by atoms with Crippen LogP contribution < -0.4 is 0 Å². The number of hydrogen-bond donors (Lipinski definition) is 0. The number of aromatic nitrogens is 3. The van der Waals surface area contributed by atoms with E-state index in [0.29, 0.717) is 29.9 Å². The van der Waals surface area contributed by atoms with E-state index in [9.17, 15) is 13.2 Å². The fourth-order valence-corrected chi connectivity index (χ4v) is 3.06. The molecule has 2 heterocycles. The molecule has 2 aromatic rings. The highest BCUT2D eigenvalue weighted by molar-refractivity contribution is 5.45. The van der Waals surface area contributed by atoms with Crippen LogP contribution in [0.1, 0.15) is 43.0 Å². The lowest BCUT2D eigenvalue weighted by Crippen LogP contribution is -2.32. The molecule has 0 spiro atoms. The van der Waals surface area contributed by atoms with Crippen molar-refractivity contribution < 1.29 is 13.2 Å². The quantitative estimate of drug-likeness (QED) is 0.809. The molecule has 1 fully saturated rings. The summed E-state index contributed by atoms with van der Waals surface area (Å²) >= 11 is 0. The van der Waals surface area contributed by atoms with Gasteiger partial charge in [-0.25, -0.2) is 0 Å². The molecular formula is C14H13F3N4. The van der Waals surface area contributed by atoms with Gasteiger partial charge in [0.15, 0.2) is 5.65 Å². The Morgan fingerprint density at radius 2 is 2.00 bits per heavy atom. The molecule has 21 heavy (non-hydrogen) atoms. The van der Waals surface area contributed by atoms with Crippen LogP contribution >= 0.6 is 0 Å². The second-order valence-corrected chi connectivity index (χ2v) is 5.35. The van der Waals surface area contributed by atoms with Crippen LogP contribution in [0.3, 0.4) is 0 Å². The van der Waals surface area contributed by atoms with Crippen LogP contribution in [0.5, 0.6) is 0 Å². The van der Waals surface area contributed by atoms with Gasteiger partial charge in [0.25, 0.3) is 0 Å². The molecule has 1 aliphatic carbocycles. The third kappa shape index (κ3) is 2.46. The van der Waals surface area contributed by atoms with E-state index in [4.69, 9.17) is 5.26 Å². The highest BCUT2D eigenvalue weighted by Crippen LogP contribution is 2.45. The Kier molecular flexibility index (Phi) is 3.32. The maximum atomic E-state index is 13.2. The first kappa shape index (κ1) is 13.9. The molecule has 1 aliphatic rings. The minimum Gasteiger partial charge on any atom is -0.286 e. The molecule has 2 atom stereocenters. The van der Waals surface area contributed by atoms with Crippen molar-refractivity contribution in [2.75, 3.05) is 0 Å². The molecule has 0 amide bonds. The summed E-state index contributed by atoms with van der Waals surface area (Å²) in [6, 6.07) is 5.07. The van der Waals surface area contributed by atoms with Gasteiger partial charge in [0.1, 0.15) is 5.82 Å². The topological polar surface area (TPSA) is 54.0 Å². The van der Waals surface area contributed by atoms with Crippen LogP contribution in [0.25, 0.3) is 5.65 Å². The van der Waals surface area contributed by atoms with E-state index in [0.717, 1.165) is 6.42 Å². The standard InChI is InChI=1S/C14H13F3N4/c15-14(16,17)11-4-2-1-3-10(11)13-20-19-12-7-9(8-18)5-6-21(12)13/h5-7,10-11H,1-4H2. The van der Waals surface area contributed by atoms with Crippen LogP contribution in [0.4, 0.5) is 13.2 Å². The van der Waals surface area contributed by atoms with Gasteiger partial charge < -0.3 is 0 Å². The van der Waals surface area contributed by atoms with Crippen molar-refractivity contribution >= 4 is 5.65 Å². The largest absolute Gasteiger partial charge is 0.392 e. The molecule has 0 aliphatic heterocycles. The number of alkyl halides is 3. The summed E-state index contributed by atoms with van der Waals surface area (Å²) in [7, 11) is 0. The van der Waals surface area contributed by atoms with Crippen LogP contribution in [-0.2, 0) is 0 Å². The van der Waals surface area contributed by atoms with Crippen molar-refractivity contribution in [3.63, 3.8) is 0 Å². The van der Waals surface area contributed by atoms with Crippen molar-refractivity contribution in [1.82, 2.24) is 14.6 Å². The average Bonchev–Trinajstić information content (AvgIpc) is 2.89. The van der Waals surface area contributed by atoms with Crippen LogP contribution in [0.2, 0.25) is 0 Å². The molecule has 0 N–H and O–H groups in total. The van der Waals surface area contributed by atoms with Crippen LogP contribution in [0, 0.1) is 17.2 Å². The van der Waals surface area contributed by atoms with Gasteiger partial charge in [0, 0.05) is 18.2 Å². The molecule has 2 unspecified atom stereocenters. The van der Waals surface area contributed by atoms with Crippen molar-refractivity contribution in [3.05, 3.63) is 29.7 Å². The zero-order chi connectivity index (χ0) is 15.0. The molecule has 110 valence electrons. The smallest absolute Gasteiger partial charge is 0.286 e. The summed E-state index contributed by atoms with van der Waals surface area (Å²) in [6.45, 7) is 0. The van der Waals surface area contributed by atoms with Gasteiger partial charge in [-0.3, -0.25) is 4.40 Å². The van der Waals surface area contributed by atoms with Gasteiger partial charge in [-0.15, -0.1) is 10.2 Å². The van der Waals surface area contributed by atoms with E-state index in [2.05, 4.69) is 10.2 Å². The van der Waals surface area contributed by atoms with Gasteiger partial charge in [-0.2, -0.15) is 18.4 Å². The molecule has 2 aromatic heterocycles. The van der Waals surface area contributed by atoms with E-state index >= 15 is 0 Å². The summed E-state index contributed by atoms with van der Waals surface area (Å²) in [4.78, 5) is 0. The number of pyridine rings is 1. The highest BCUT2D eigenvalue weighted by Gasteiger charge is 2.47. The lowest BCUT2D eigenvalue weighted by Gasteiger charge is -2.31. The fraction of sp³-hybridized carbons (Fsp3) is 0.500. The predicted octanol–water partition coefficient (Wildman–Crippen LogP) is 3.44. The number of fused-ring (bicyclic) bond motifs is 1. The molecule has 0 radical (unpaired) electrons. The SMILES string of the molecule is N#Cc1ccn2c(C3CCCCC3C(F)(F)F)nnc2c1. The summed E-state index contributed by atoms with van der Waals surface area (Å²) in [5.41, 5.74) is 0.827. The third-order valence-electron chi connectivity index (χ3n) is 4.08. The van der Waals surface area contributed by atoms with Crippen molar-refractivity contribution in [2.45, 2.75) is 37.8 Å². The number of hydrogen-bond acceptors (Lipinski definition) is 3. The first-order chi connectivity index (χ1) is 10.0. The monoisotopic (exact) mass is 294 g/mol. The Labute approximate surface area is 119 Å². The summed E-state index contributed by atoms with van der Waals surface area (Å²) in [5, 5.41) is 16.7. The van der Waals surface area contributed by atoms with E-state index in [1.54, 1.807) is 16.7 Å². The average molecular weight is 294 g/mol. The Balaban J connectivity index is 2.04. The zero-order valence-electron chi connectivity index (χ0n) is 11.1. The van der Waals surface area contributed by atoms with Crippen molar-refractivity contribution in [3.8, 4) is 6.07 Å². The third-order valence-corrected chi connectivity index (χ3v) is 4.08. The molecular weight excluding hydrogens is 281 g/mol. The Morgan fingerprint density at radius 3 is 2.71 bits per heavy atom. The van der Waals surface area contributed by atoms with Gasteiger partial charge >= 0.3 is 6.18 Å². The van der Waals surface area contributed by atoms with E-state index in [-0.39, 0.29) is 6.42 Å². The Morgan fingerprint density at radius 1 is 1.24 bits per heavy atom. The van der Waals surface area contributed by atoms with Gasteiger partial charge in [0.2, 0.25) is 0 Å².